The summed E-state index contributed by atoms with van der Waals surface area (Å²) < 4.78 is 27.9. The van der Waals surface area contributed by atoms with Crippen LogP contribution in [0.1, 0.15) is 41.3 Å². The highest BCUT2D eigenvalue weighted by atomic mass is 32.2. The molecule has 0 aliphatic carbocycles. The molecule has 26 heavy (non-hydrogen) atoms. The van der Waals surface area contributed by atoms with Gasteiger partial charge in [0.15, 0.2) is 5.17 Å². The van der Waals surface area contributed by atoms with Gasteiger partial charge in [-0.15, -0.1) is 0 Å². The third kappa shape index (κ3) is 3.97. The third-order valence-corrected chi connectivity index (χ3v) is 7.96. The summed E-state index contributed by atoms with van der Waals surface area (Å²) in [6, 6.07) is 3.24. The summed E-state index contributed by atoms with van der Waals surface area (Å²) in [5, 5.41) is 3.37. The number of aryl methyl sites for hydroxylation is 1. The van der Waals surface area contributed by atoms with Crippen LogP contribution < -0.4 is 5.32 Å². The van der Waals surface area contributed by atoms with E-state index in [-0.39, 0.29) is 10.8 Å². The molecule has 0 spiro atoms. The van der Waals surface area contributed by atoms with E-state index in [4.69, 9.17) is 0 Å². The molecule has 2 aliphatic rings. The summed E-state index contributed by atoms with van der Waals surface area (Å²) in [6.45, 7) is 7.55. The summed E-state index contributed by atoms with van der Waals surface area (Å²) in [7, 11) is -3.60. The molecule has 1 fully saturated rings. The van der Waals surface area contributed by atoms with Crippen LogP contribution in [-0.2, 0) is 10.0 Å². The molecule has 6 nitrogen and oxygen atoms in total. The second-order valence-electron chi connectivity index (χ2n) is 6.99. The zero-order valence-electron chi connectivity index (χ0n) is 15.4. The maximum absolute atomic E-state index is 13.2. The Morgan fingerprint density at radius 2 is 1.96 bits per heavy atom. The molecule has 1 aromatic rings. The number of benzene rings is 1. The van der Waals surface area contributed by atoms with Crippen LogP contribution in [0.4, 0.5) is 0 Å². The van der Waals surface area contributed by atoms with Crippen LogP contribution >= 0.6 is 11.8 Å². The minimum Gasteiger partial charge on any atom is -0.301 e. The van der Waals surface area contributed by atoms with E-state index in [1.165, 1.54) is 17.8 Å². The van der Waals surface area contributed by atoms with Gasteiger partial charge >= 0.3 is 0 Å². The zero-order valence-corrected chi connectivity index (χ0v) is 17.0. The molecule has 142 valence electrons. The van der Waals surface area contributed by atoms with E-state index < -0.39 is 10.0 Å². The Hall–Kier alpha value is -1.38. The molecule has 2 heterocycles. The third-order valence-electron chi connectivity index (χ3n) is 5.05. The topological polar surface area (TPSA) is 78.8 Å². The van der Waals surface area contributed by atoms with Crippen LogP contribution in [0, 0.1) is 19.8 Å². The van der Waals surface area contributed by atoms with Gasteiger partial charge in [-0.25, -0.2) is 8.42 Å². The van der Waals surface area contributed by atoms with Crippen LogP contribution in [0.25, 0.3) is 0 Å². The van der Waals surface area contributed by atoms with E-state index in [0.29, 0.717) is 41.8 Å². The fourth-order valence-electron chi connectivity index (χ4n) is 3.17. The average Bonchev–Trinajstić information content (AvgIpc) is 3.10. The predicted octanol–water partition coefficient (Wildman–Crippen LogP) is 2.56. The number of nitrogens with one attached hydrogen (secondary N) is 1. The monoisotopic (exact) mass is 395 g/mol. The van der Waals surface area contributed by atoms with E-state index in [1.54, 1.807) is 17.3 Å². The molecular weight excluding hydrogens is 370 g/mol. The van der Waals surface area contributed by atoms with E-state index in [9.17, 15) is 13.2 Å². The molecule has 3 rings (SSSR count). The lowest BCUT2D eigenvalue weighted by atomic mass is 10.0. The van der Waals surface area contributed by atoms with Gasteiger partial charge in [-0.1, -0.05) is 18.7 Å². The maximum atomic E-state index is 13.2. The minimum atomic E-state index is -3.60. The molecule has 8 heteroatoms. The molecule has 0 aromatic heterocycles. The first-order chi connectivity index (χ1) is 12.3. The largest absolute Gasteiger partial charge is 0.301 e. The lowest BCUT2D eigenvalue weighted by Crippen LogP contribution is -2.38. The predicted molar refractivity (Wildman–Crippen MR) is 105 cm³/mol. The van der Waals surface area contributed by atoms with Gasteiger partial charge in [0, 0.05) is 24.4 Å². The lowest BCUT2D eigenvalue weighted by Gasteiger charge is -2.30. The number of hydrogen-bond donors (Lipinski definition) is 1. The highest BCUT2D eigenvalue weighted by Gasteiger charge is 2.30. The van der Waals surface area contributed by atoms with Crippen LogP contribution in [0.15, 0.2) is 22.0 Å². The second kappa shape index (κ2) is 7.70. The number of amides is 1. The molecule has 0 unspecified atom stereocenters. The van der Waals surface area contributed by atoms with Gasteiger partial charge < -0.3 is 5.32 Å². The molecule has 1 saturated heterocycles. The molecule has 0 radical (unpaired) electrons. The number of hydrogen-bond acceptors (Lipinski definition) is 5. The zero-order chi connectivity index (χ0) is 18.9. The molecule has 0 atom stereocenters. The Bertz CT molecular complexity index is 841. The van der Waals surface area contributed by atoms with Crippen LogP contribution in [0.3, 0.4) is 0 Å². The number of carbonyl (C=O) groups is 1. The van der Waals surface area contributed by atoms with Crippen molar-refractivity contribution in [1.82, 2.24) is 9.62 Å². The van der Waals surface area contributed by atoms with Gasteiger partial charge in [-0.3, -0.25) is 9.79 Å². The van der Waals surface area contributed by atoms with Crippen molar-refractivity contribution in [2.45, 2.75) is 38.5 Å². The van der Waals surface area contributed by atoms with E-state index in [1.807, 2.05) is 6.92 Å². The van der Waals surface area contributed by atoms with Gasteiger partial charge in [-0.05, 0) is 55.9 Å². The van der Waals surface area contributed by atoms with Crippen molar-refractivity contribution in [3.63, 3.8) is 0 Å². The Balaban J connectivity index is 1.91. The first-order valence-electron chi connectivity index (χ1n) is 8.89. The van der Waals surface area contributed by atoms with Crippen molar-refractivity contribution in [2.24, 2.45) is 10.9 Å². The van der Waals surface area contributed by atoms with Crippen LogP contribution in [-0.4, -0.2) is 49.2 Å². The van der Waals surface area contributed by atoms with Crippen molar-refractivity contribution in [3.05, 3.63) is 28.8 Å². The summed E-state index contributed by atoms with van der Waals surface area (Å²) in [4.78, 5) is 17.0. The van der Waals surface area contributed by atoms with Gasteiger partial charge in [0.1, 0.15) is 0 Å². The molecule has 1 N–H and O–H groups in total. The minimum absolute atomic E-state index is 0.234. The number of piperidine rings is 1. The fraction of sp³-hybridized carbons (Fsp3) is 0.556. The molecule has 2 aliphatic heterocycles. The summed E-state index contributed by atoms with van der Waals surface area (Å²) in [5.41, 5.74) is 1.85. The summed E-state index contributed by atoms with van der Waals surface area (Å²) in [6.07, 6.45) is 1.74. The van der Waals surface area contributed by atoms with Crippen molar-refractivity contribution in [3.8, 4) is 0 Å². The van der Waals surface area contributed by atoms with Crippen molar-refractivity contribution in [2.75, 3.05) is 25.4 Å². The van der Waals surface area contributed by atoms with Crippen molar-refractivity contribution in [1.29, 1.82) is 0 Å². The van der Waals surface area contributed by atoms with Crippen molar-refractivity contribution >= 4 is 32.9 Å². The number of nitrogens with zero attached hydrogens (tertiary/aromatic N) is 2. The molecule has 1 amide bonds. The smallest absolute Gasteiger partial charge is 0.257 e. The standard InChI is InChI=1S/C18H25N3O3S2/c1-12-4-7-21(8-5-12)26(23,24)16-11-15(10-13(2)14(16)3)17(22)20-18-19-6-9-25-18/h10-12H,4-9H2,1-3H3,(H,19,20,22). The highest BCUT2D eigenvalue weighted by Crippen LogP contribution is 2.28. The van der Waals surface area contributed by atoms with E-state index in [0.717, 1.165) is 24.2 Å². The average molecular weight is 396 g/mol. The van der Waals surface area contributed by atoms with Crippen LogP contribution in [0.2, 0.25) is 0 Å². The van der Waals surface area contributed by atoms with Crippen LogP contribution in [0.5, 0.6) is 0 Å². The first kappa shape index (κ1) is 19.4. The van der Waals surface area contributed by atoms with E-state index in [2.05, 4.69) is 17.2 Å². The Kier molecular flexibility index (Phi) is 5.74. The summed E-state index contributed by atoms with van der Waals surface area (Å²) in [5.74, 6) is 1.09. The molecule has 0 bridgehead atoms. The number of aliphatic imine (C=N–C) groups is 1. The number of sulfonamides is 1. The maximum Gasteiger partial charge on any atom is 0.257 e. The SMILES string of the molecule is Cc1cc(C(=O)NC2=NCCS2)cc(S(=O)(=O)N2CCC(C)CC2)c1C. The Morgan fingerprint density at radius 1 is 1.27 bits per heavy atom. The Labute approximate surface area is 159 Å². The molecule has 0 saturated carbocycles. The number of thioether (sulfide) groups is 1. The second-order valence-corrected chi connectivity index (χ2v) is 9.98. The van der Waals surface area contributed by atoms with Crippen molar-refractivity contribution < 1.29 is 13.2 Å². The lowest BCUT2D eigenvalue weighted by molar-refractivity contribution is 0.0977. The van der Waals surface area contributed by atoms with E-state index >= 15 is 0 Å². The van der Waals surface area contributed by atoms with Gasteiger partial charge in [0.25, 0.3) is 5.91 Å². The molecule has 1 aromatic carbocycles. The number of rotatable bonds is 3. The first-order valence-corrected chi connectivity index (χ1v) is 11.3. The quantitative estimate of drug-likeness (QED) is 0.853. The normalized spacial score (nSPS) is 19.4. The number of amidine groups is 1. The Morgan fingerprint density at radius 3 is 2.58 bits per heavy atom. The fourth-order valence-corrected chi connectivity index (χ4v) is 5.69. The summed E-state index contributed by atoms with van der Waals surface area (Å²) >= 11 is 1.50. The molecular formula is C18H25N3O3S2. The van der Waals surface area contributed by atoms with Gasteiger partial charge in [-0.2, -0.15) is 4.31 Å². The van der Waals surface area contributed by atoms with Gasteiger partial charge in [0.05, 0.1) is 11.4 Å². The highest BCUT2D eigenvalue weighted by molar-refractivity contribution is 8.14. The van der Waals surface area contributed by atoms with Gasteiger partial charge in [0.2, 0.25) is 10.0 Å². The number of carbonyl (C=O) groups excluding carboxylic acids is 1.